The van der Waals surface area contributed by atoms with Crippen LogP contribution in [0.5, 0.6) is 17.2 Å². The third-order valence-electron chi connectivity index (χ3n) is 3.53. The lowest BCUT2D eigenvalue weighted by Crippen LogP contribution is -2.15. The van der Waals surface area contributed by atoms with Crippen LogP contribution in [-0.4, -0.2) is 31.5 Å². The molecule has 1 N–H and O–H groups in total. The van der Waals surface area contributed by atoms with Crippen molar-refractivity contribution in [2.24, 2.45) is 0 Å². The zero-order chi connectivity index (χ0) is 17.7. The number of nitriles is 1. The summed E-state index contributed by atoms with van der Waals surface area (Å²) in [7, 11) is 4.61. The lowest BCUT2D eigenvalue weighted by atomic mass is 10.1. The fourth-order valence-corrected chi connectivity index (χ4v) is 2.27. The first-order valence-corrected chi connectivity index (χ1v) is 7.03. The lowest BCUT2D eigenvalue weighted by Gasteiger charge is -2.14. The number of methoxy groups -OCH3 is 3. The molecule has 0 aliphatic heterocycles. The molecule has 0 aliphatic carbocycles. The number of aromatic amines is 1. The average Bonchev–Trinajstić information content (AvgIpc) is 2.60. The van der Waals surface area contributed by atoms with Crippen LogP contribution < -0.4 is 19.8 Å². The molecule has 0 radical (unpaired) electrons. The van der Waals surface area contributed by atoms with E-state index in [0.717, 1.165) is 5.56 Å². The molecule has 2 rings (SSSR count). The van der Waals surface area contributed by atoms with Crippen LogP contribution in [-0.2, 0) is 0 Å². The van der Waals surface area contributed by atoms with Gasteiger partial charge in [-0.25, -0.2) is 5.10 Å². The van der Waals surface area contributed by atoms with Gasteiger partial charge in [0, 0.05) is 5.56 Å². The Bertz CT molecular complexity index is 879. The number of nitrogens with zero attached hydrogens (tertiary/aromatic N) is 2. The van der Waals surface area contributed by atoms with E-state index in [0.29, 0.717) is 28.5 Å². The van der Waals surface area contributed by atoms with Crippen LogP contribution in [0.3, 0.4) is 0 Å². The summed E-state index contributed by atoms with van der Waals surface area (Å²) in [6, 6.07) is 5.45. The molecule has 0 unspecified atom stereocenters. The molecule has 1 aromatic heterocycles. The molecule has 0 atom stereocenters. The number of aromatic nitrogens is 2. The van der Waals surface area contributed by atoms with E-state index in [4.69, 9.17) is 19.5 Å². The molecule has 1 heterocycles. The summed E-state index contributed by atoms with van der Waals surface area (Å²) in [5.74, 6) is 1.54. The van der Waals surface area contributed by atoms with Gasteiger partial charge in [-0.05, 0) is 36.8 Å². The number of hydrogen-bond donors (Lipinski definition) is 1. The summed E-state index contributed by atoms with van der Waals surface area (Å²) in [5.41, 5.74) is 1.28. The topological polar surface area (TPSA) is 97.2 Å². The van der Waals surface area contributed by atoms with Crippen molar-refractivity contribution >= 4 is 12.2 Å². The van der Waals surface area contributed by atoms with Gasteiger partial charge in [-0.1, -0.05) is 0 Å². The van der Waals surface area contributed by atoms with Gasteiger partial charge in [-0.3, -0.25) is 4.79 Å². The van der Waals surface area contributed by atoms with Crippen molar-refractivity contribution in [3.05, 3.63) is 44.9 Å². The van der Waals surface area contributed by atoms with E-state index in [9.17, 15) is 4.79 Å². The van der Waals surface area contributed by atoms with E-state index in [-0.39, 0.29) is 5.56 Å². The van der Waals surface area contributed by atoms with E-state index in [1.165, 1.54) is 14.2 Å². The number of rotatable bonds is 5. The fraction of sp³-hybridized carbons (Fsp3) is 0.235. The lowest BCUT2D eigenvalue weighted by molar-refractivity contribution is 0.324. The number of H-pyrrole nitrogens is 1. The van der Waals surface area contributed by atoms with Gasteiger partial charge in [0.15, 0.2) is 11.5 Å². The Morgan fingerprint density at radius 2 is 1.83 bits per heavy atom. The number of nitrogens with one attached hydrogen (secondary N) is 1. The van der Waals surface area contributed by atoms with Gasteiger partial charge < -0.3 is 14.2 Å². The molecular weight excluding hydrogens is 310 g/mol. The van der Waals surface area contributed by atoms with Crippen LogP contribution in [0.1, 0.15) is 22.4 Å². The van der Waals surface area contributed by atoms with Crippen molar-refractivity contribution in [3.63, 3.8) is 0 Å². The zero-order valence-corrected chi connectivity index (χ0v) is 13.8. The second kappa shape index (κ2) is 7.33. The Balaban J connectivity index is 2.51. The van der Waals surface area contributed by atoms with Gasteiger partial charge >= 0.3 is 0 Å². The Morgan fingerprint density at radius 3 is 2.42 bits per heavy atom. The number of benzene rings is 1. The van der Waals surface area contributed by atoms with Gasteiger partial charge in [-0.15, -0.1) is 0 Å². The monoisotopic (exact) mass is 327 g/mol. The normalized spacial score (nSPS) is 10.5. The molecule has 0 fully saturated rings. The first kappa shape index (κ1) is 17.1. The van der Waals surface area contributed by atoms with E-state index in [2.05, 4.69) is 10.2 Å². The van der Waals surface area contributed by atoms with Crippen molar-refractivity contribution < 1.29 is 14.2 Å². The molecule has 0 aliphatic rings. The summed E-state index contributed by atoms with van der Waals surface area (Å²) in [5, 5.41) is 15.3. The van der Waals surface area contributed by atoms with Crippen molar-refractivity contribution in [1.82, 2.24) is 10.2 Å². The van der Waals surface area contributed by atoms with Gasteiger partial charge in [-0.2, -0.15) is 10.4 Å². The summed E-state index contributed by atoms with van der Waals surface area (Å²) >= 11 is 0. The maximum Gasteiger partial charge on any atom is 0.282 e. The van der Waals surface area contributed by atoms with E-state index >= 15 is 0 Å². The Kier molecular flexibility index (Phi) is 5.22. The zero-order valence-electron chi connectivity index (χ0n) is 13.8. The van der Waals surface area contributed by atoms with Gasteiger partial charge in [0.1, 0.15) is 11.6 Å². The van der Waals surface area contributed by atoms with Gasteiger partial charge in [0.25, 0.3) is 5.56 Å². The van der Waals surface area contributed by atoms with Crippen LogP contribution in [0, 0.1) is 18.3 Å². The van der Waals surface area contributed by atoms with Crippen molar-refractivity contribution in [3.8, 4) is 23.3 Å². The molecule has 7 heteroatoms. The van der Waals surface area contributed by atoms with Gasteiger partial charge in [0.2, 0.25) is 5.75 Å². The van der Waals surface area contributed by atoms with Crippen LogP contribution in [0.15, 0.2) is 16.9 Å². The first-order valence-electron chi connectivity index (χ1n) is 7.03. The minimum Gasteiger partial charge on any atom is -0.493 e. The van der Waals surface area contributed by atoms with Crippen LogP contribution >= 0.6 is 0 Å². The smallest absolute Gasteiger partial charge is 0.282 e. The molecule has 0 saturated heterocycles. The standard InChI is InChI=1S/C17H17N3O4/c1-10-12(9-18)17(21)20-19-13(10)7-5-11-6-8-14(22-2)16(24-4)15(11)23-3/h5-8H,1-4H3,(H,20,21)/b7-5+. The molecule has 0 saturated carbocycles. The highest BCUT2D eigenvalue weighted by Gasteiger charge is 2.14. The molecule has 7 nitrogen and oxygen atoms in total. The van der Waals surface area contributed by atoms with Crippen LogP contribution in [0.4, 0.5) is 0 Å². The second-order valence-electron chi connectivity index (χ2n) is 4.81. The highest BCUT2D eigenvalue weighted by molar-refractivity contribution is 5.76. The van der Waals surface area contributed by atoms with Crippen molar-refractivity contribution in [1.29, 1.82) is 5.26 Å². The maximum atomic E-state index is 11.5. The highest BCUT2D eigenvalue weighted by Crippen LogP contribution is 2.40. The quantitative estimate of drug-likeness (QED) is 0.903. The Morgan fingerprint density at radius 1 is 1.12 bits per heavy atom. The van der Waals surface area contributed by atoms with Crippen molar-refractivity contribution in [2.75, 3.05) is 21.3 Å². The van der Waals surface area contributed by atoms with E-state index in [1.54, 1.807) is 32.3 Å². The van der Waals surface area contributed by atoms with Gasteiger partial charge in [0.05, 0.1) is 27.0 Å². The molecule has 24 heavy (non-hydrogen) atoms. The molecular formula is C17H17N3O4. The molecule has 0 spiro atoms. The third kappa shape index (κ3) is 3.08. The molecule has 1 aromatic carbocycles. The highest BCUT2D eigenvalue weighted by atomic mass is 16.5. The Hall–Kier alpha value is -3.27. The maximum absolute atomic E-state index is 11.5. The summed E-state index contributed by atoms with van der Waals surface area (Å²) in [6.45, 7) is 1.67. The average molecular weight is 327 g/mol. The largest absolute Gasteiger partial charge is 0.493 e. The minimum absolute atomic E-state index is 0.0453. The summed E-state index contributed by atoms with van der Waals surface area (Å²) in [4.78, 5) is 11.5. The third-order valence-corrected chi connectivity index (χ3v) is 3.53. The SMILES string of the molecule is COc1ccc(/C=C/c2n[nH]c(=O)c(C#N)c2C)c(OC)c1OC. The number of hydrogen-bond acceptors (Lipinski definition) is 6. The predicted octanol–water partition coefficient (Wildman–Crippen LogP) is 2.15. The van der Waals surface area contributed by atoms with Crippen LogP contribution in [0.25, 0.3) is 12.2 Å². The molecule has 0 bridgehead atoms. The van der Waals surface area contributed by atoms with Crippen LogP contribution in [0.2, 0.25) is 0 Å². The predicted molar refractivity (Wildman–Crippen MR) is 89.3 cm³/mol. The minimum atomic E-state index is -0.504. The molecule has 0 amide bonds. The number of ether oxygens (including phenoxy) is 3. The van der Waals surface area contributed by atoms with E-state index in [1.807, 2.05) is 12.1 Å². The Labute approximate surface area is 139 Å². The van der Waals surface area contributed by atoms with Crippen molar-refractivity contribution in [2.45, 2.75) is 6.92 Å². The second-order valence-corrected chi connectivity index (χ2v) is 4.81. The fourth-order valence-electron chi connectivity index (χ4n) is 2.27. The van der Waals surface area contributed by atoms with E-state index < -0.39 is 5.56 Å². The molecule has 2 aromatic rings. The first-order chi connectivity index (χ1) is 11.6. The molecule has 124 valence electrons. The summed E-state index contributed by atoms with van der Waals surface area (Å²) in [6.07, 6.45) is 3.45. The summed E-state index contributed by atoms with van der Waals surface area (Å²) < 4.78 is 16.0.